The maximum Gasteiger partial charge on any atom is 0.00726 e. The number of hydrogen-bond acceptors (Lipinski definition) is 3. The van der Waals surface area contributed by atoms with Crippen molar-refractivity contribution >= 4 is 11.8 Å². The average Bonchev–Trinajstić information content (AvgIpc) is 2.79. The fourth-order valence-corrected chi connectivity index (χ4v) is 4.34. The van der Waals surface area contributed by atoms with Gasteiger partial charge in [0.15, 0.2) is 0 Å². The molecule has 2 rings (SSSR count). The van der Waals surface area contributed by atoms with E-state index in [1.54, 1.807) is 0 Å². The predicted molar refractivity (Wildman–Crippen MR) is 77.8 cm³/mol. The average molecular weight is 256 g/mol. The summed E-state index contributed by atoms with van der Waals surface area (Å²) in [6.07, 6.45) is 7.01. The van der Waals surface area contributed by atoms with Crippen molar-refractivity contribution in [3.8, 4) is 0 Å². The molecule has 3 heteroatoms. The zero-order valence-electron chi connectivity index (χ0n) is 11.3. The Morgan fingerprint density at radius 2 is 2.06 bits per heavy atom. The van der Waals surface area contributed by atoms with Crippen LogP contribution in [0.4, 0.5) is 0 Å². The van der Waals surface area contributed by atoms with Crippen LogP contribution in [0.3, 0.4) is 0 Å². The Labute approximate surface area is 111 Å². The van der Waals surface area contributed by atoms with Crippen LogP contribution in [0.25, 0.3) is 0 Å². The third-order valence-electron chi connectivity index (χ3n) is 4.11. The Balaban J connectivity index is 1.53. The maximum atomic E-state index is 3.44. The lowest BCUT2D eigenvalue weighted by atomic mass is 10.0. The molecule has 2 aliphatic heterocycles. The van der Waals surface area contributed by atoms with Gasteiger partial charge in [0.1, 0.15) is 0 Å². The highest BCUT2D eigenvalue weighted by atomic mass is 32.2. The van der Waals surface area contributed by atoms with Gasteiger partial charge in [-0.1, -0.05) is 13.3 Å². The van der Waals surface area contributed by atoms with Gasteiger partial charge in [-0.05, 0) is 51.2 Å². The summed E-state index contributed by atoms with van der Waals surface area (Å²) in [6, 6.07) is 0. The Kier molecular flexibility index (Phi) is 6.16. The molecule has 2 fully saturated rings. The first-order chi connectivity index (χ1) is 8.38. The monoisotopic (exact) mass is 256 g/mol. The number of piperidine rings is 1. The van der Waals surface area contributed by atoms with Crippen LogP contribution >= 0.6 is 11.8 Å². The van der Waals surface area contributed by atoms with E-state index in [9.17, 15) is 0 Å². The largest absolute Gasteiger partial charge is 0.317 e. The minimum absolute atomic E-state index is 0.935. The topological polar surface area (TPSA) is 15.3 Å². The van der Waals surface area contributed by atoms with Crippen LogP contribution in [0.15, 0.2) is 0 Å². The van der Waals surface area contributed by atoms with Crippen molar-refractivity contribution in [3.05, 3.63) is 0 Å². The highest BCUT2D eigenvalue weighted by Crippen LogP contribution is 2.23. The van der Waals surface area contributed by atoms with Crippen molar-refractivity contribution in [2.75, 3.05) is 38.5 Å². The number of nitrogens with zero attached hydrogens (tertiary/aromatic N) is 1. The molecule has 1 N–H and O–H groups in total. The Hall–Kier alpha value is 0.270. The minimum atomic E-state index is 0.935. The van der Waals surface area contributed by atoms with Gasteiger partial charge in [0.25, 0.3) is 0 Å². The zero-order valence-corrected chi connectivity index (χ0v) is 12.1. The fraction of sp³-hybridized carbons (Fsp3) is 1.00. The van der Waals surface area contributed by atoms with Gasteiger partial charge in [0.2, 0.25) is 0 Å². The molecule has 17 heavy (non-hydrogen) atoms. The maximum absolute atomic E-state index is 3.44. The molecule has 0 aromatic rings. The highest BCUT2D eigenvalue weighted by Gasteiger charge is 2.21. The Morgan fingerprint density at radius 3 is 2.82 bits per heavy atom. The lowest BCUT2D eigenvalue weighted by molar-refractivity contribution is 0.340. The van der Waals surface area contributed by atoms with Crippen molar-refractivity contribution in [1.82, 2.24) is 10.2 Å². The third-order valence-corrected chi connectivity index (χ3v) is 5.48. The second-order valence-corrected chi connectivity index (χ2v) is 6.97. The van der Waals surface area contributed by atoms with Crippen molar-refractivity contribution in [3.63, 3.8) is 0 Å². The summed E-state index contributed by atoms with van der Waals surface area (Å²) >= 11 is 2.22. The summed E-state index contributed by atoms with van der Waals surface area (Å²) in [6.45, 7) is 8.85. The van der Waals surface area contributed by atoms with E-state index < -0.39 is 0 Å². The van der Waals surface area contributed by atoms with Gasteiger partial charge in [-0.2, -0.15) is 11.8 Å². The van der Waals surface area contributed by atoms with Gasteiger partial charge < -0.3 is 10.2 Å². The molecule has 0 spiro atoms. The molecular weight excluding hydrogens is 228 g/mol. The van der Waals surface area contributed by atoms with Crippen molar-refractivity contribution in [2.24, 2.45) is 5.92 Å². The van der Waals surface area contributed by atoms with E-state index in [0.29, 0.717) is 0 Å². The van der Waals surface area contributed by atoms with E-state index in [4.69, 9.17) is 0 Å². The van der Waals surface area contributed by atoms with E-state index in [-0.39, 0.29) is 0 Å². The van der Waals surface area contributed by atoms with Crippen LogP contribution in [0, 0.1) is 5.92 Å². The fourth-order valence-electron chi connectivity index (χ4n) is 3.07. The molecule has 0 radical (unpaired) electrons. The van der Waals surface area contributed by atoms with Gasteiger partial charge in [-0.25, -0.2) is 0 Å². The normalized spacial score (nSPS) is 27.7. The molecule has 2 aliphatic rings. The Bertz CT molecular complexity index is 204. The molecule has 0 saturated carbocycles. The third kappa shape index (κ3) is 4.80. The second kappa shape index (κ2) is 7.65. The predicted octanol–water partition coefficient (Wildman–Crippen LogP) is 2.59. The molecule has 1 unspecified atom stereocenters. The molecular formula is C14H28N2S. The Morgan fingerprint density at radius 1 is 1.24 bits per heavy atom. The lowest BCUT2D eigenvalue weighted by Crippen LogP contribution is -2.30. The van der Waals surface area contributed by atoms with Gasteiger partial charge in [-0.3, -0.25) is 0 Å². The van der Waals surface area contributed by atoms with Gasteiger partial charge >= 0.3 is 0 Å². The number of nitrogens with one attached hydrogen (secondary N) is 1. The SMILES string of the molecule is CCCC1CCN(CCSC2CCNCC2)C1. The van der Waals surface area contributed by atoms with Crippen LogP contribution in [0.2, 0.25) is 0 Å². The standard InChI is InChI=1S/C14H28N2S/c1-2-3-13-6-9-16(12-13)10-11-17-14-4-7-15-8-5-14/h13-15H,2-12H2,1H3. The first kappa shape index (κ1) is 13.7. The summed E-state index contributed by atoms with van der Waals surface area (Å²) in [4.78, 5) is 2.69. The first-order valence-corrected chi connectivity index (χ1v) is 8.48. The van der Waals surface area contributed by atoms with Crippen molar-refractivity contribution in [2.45, 2.75) is 44.3 Å². The summed E-state index contributed by atoms with van der Waals surface area (Å²) in [5.41, 5.74) is 0. The van der Waals surface area contributed by atoms with E-state index in [2.05, 4.69) is 28.9 Å². The molecule has 0 aromatic carbocycles. The van der Waals surface area contributed by atoms with Gasteiger partial charge in [0.05, 0.1) is 0 Å². The molecule has 0 amide bonds. The van der Waals surface area contributed by atoms with E-state index in [1.807, 2.05) is 0 Å². The summed E-state index contributed by atoms with van der Waals surface area (Å²) in [5, 5.41) is 4.38. The molecule has 2 nitrogen and oxygen atoms in total. The lowest BCUT2D eigenvalue weighted by Gasteiger charge is -2.23. The molecule has 0 aromatic heterocycles. The van der Waals surface area contributed by atoms with Crippen LogP contribution in [0.1, 0.15) is 39.0 Å². The van der Waals surface area contributed by atoms with Crippen molar-refractivity contribution in [1.29, 1.82) is 0 Å². The second-order valence-electron chi connectivity index (χ2n) is 5.56. The van der Waals surface area contributed by atoms with Crippen LogP contribution in [-0.4, -0.2) is 48.6 Å². The smallest absolute Gasteiger partial charge is 0.00726 e. The molecule has 2 heterocycles. The van der Waals surface area contributed by atoms with Gasteiger partial charge in [0, 0.05) is 24.1 Å². The van der Waals surface area contributed by atoms with Crippen molar-refractivity contribution < 1.29 is 0 Å². The molecule has 2 saturated heterocycles. The molecule has 0 aliphatic carbocycles. The summed E-state index contributed by atoms with van der Waals surface area (Å²) < 4.78 is 0. The first-order valence-electron chi connectivity index (χ1n) is 7.43. The van der Waals surface area contributed by atoms with E-state index in [0.717, 1.165) is 11.2 Å². The number of hydrogen-bond donors (Lipinski definition) is 1. The van der Waals surface area contributed by atoms with Gasteiger partial charge in [-0.15, -0.1) is 0 Å². The zero-order chi connectivity index (χ0) is 11.9. The highest BCUT2D eigenvalue weighted by molar-refractivity contribution is 7.99. The number of likely N-dealkylation sites (tertiary alicyclic amines) is 1. The van der Waals surface area contributed by atoms with Crippen LogP contribution < -0.4 is 5.32 Å². The summed E-state index contributed by atoms with van der Waals surface area (Å²) in [7, 11) is 0. The quantitative estimate of drug-likeness (QED) is 0.786. The number of thioether (sulfide) groups is 1. The minimum Gasteiger partial charge on any atom is -0.317 e. The number of rotatable bonds is 6. The molecule has 1 atom stereocenters. The van der Waals surface area contributed by atoms with Crippen LogP contribution in [0.5, 0.6) is 0 Å². The van der Waals surface area contributed by atoms with E-state index >= 15 is 0 Å². The summed E-state index contributed by atoms with van der Waals surface area (Å²) in [5.74, 6) is 2.35. The molecule has 100 valence electrons. The van der Waals surface area contributed by atoms with E-state index in [1.165, 1.54) is 70.6 Å². The molecule has 0 bridgehead atoms. The van der Waals surface area contributed by atoms with Crippen LogP contribution in [-0.2, 0) is 0 Å².